The van der Waals surface area contributed by atoms with Gasteiger partial charge in [-0.3, -0.25) is 0 Å². The van der Waals surface area contributed by atoms with Gasteiger partial charge in [-0.15, -0.1) is 0 Å². The molecule has 0 radical (unpaired) electrons. The second-order valence-corrected chi connectivity index (χ2v) is 6.16. The molecule has 0 fully saturated rings. The van der Waals surface area contributed by atoms with Crippen LogP contribution in [0.3, 0.4) is 0 Å². The molecular formula is C15H15Cl2NS. The summed E-state index contributed by atoms with van der Waals surface area (Å²) in [6.07, 6.45) is 0.916. The minimum atomic E-state index is 0.0615. The Labute approximate surface area is 128 Å². The van der Waals surface area contributed by atoms with E-state index in [0.717, 1.165) is 16.2 Å². The molecule has 0 spiro atoms. The van der Waals surface area contributed by atoms with Crippen molar-refractivity contribution in [2.45, 2.75) is 29.2 Å². The molecule has 100 valence electrons. The Morgan fingerprint density at radius 1 is 1.11 bits per heavy atom. The van der Waals surface area contributed by atoms with E-state index < -0.39 is 0 Å². The van der Waals surface area contributed by atoms with Gasteiger partial charge in [0.05, 0.1) is 10.0 Å². The van der Waals surface area contributed by atoms with E-state index in [-0.39, 0.29) is 6.04 Å². The lowest BCUT2D eigenvalue weighted by Crippen LogP contribution is -2.09. The summed E-state index contributed by atoms with van der Waals surface area (Å²) in [5.74, 6) is 0. The monoisotopic (exact) mass is 311 g/mol. The zero-order valence-corrected chi connectivity index (χ0v) is 12.9. The SMILES string of the molecule is CCC(N)c1ccccc1Sc1ccc(Cl)c(Cl)c1. The third-order valence-electron chi connectivity index (χ3n) is 2.88. The summed E-state index contributed by atoms with van der Waals surface area (Å²) in [6, 6.07) is 13.9. The van der Waals surface area contributed by atoms with Crippen LogP contribution in [-0.4, -0.2) is 0 Å². The van der Waals surface area contributed by atoms with Gasteiger partial charge in [0.25, 0.3) is 0 Å². The van der Waals surface area contributed by atoms with Gasteiger partial charge in [-0.1, -0.05) is 60.1 Å². The number of nitrogens with two attached hydrogens (primary N) is 1. The first kappa shape index (κ1) is 14.7. The molecular weight excluding hydrogens is 297 g/mol. The fraction of sp³-hybridized carbons (Fsp3) is 0.200. The van der Waals surface area contributed by atoms with Gasteiger partial charge in [0, 0.05) is 15.8 Å². The number of halogens is 2. The van der Waals surface area contributed by atoms with E-state index >= 15 is 0 Å². The van der Waals surface area contributed by atoms with Gasteiger partial charge >= 0.3 is 0 Å². The molecule has 4 heteroatoms. The van der Waals surface area contributed by atoms with Crippen molar-refractivity contribution in [3.63, 3.8) is 0 Å². The third kappa shape index (κ3) is 3.67. The van der Waals surface area contributed by atoms with Crippen LogP contribution in [0.4, 0.5) is 0 Å². The summed E-state index contributed by atoms with van der Waals surface area (Å²) in [7, 11) is 0. The molecule has 0 saturated heterocycles. The van der Waals surface area contributed by atoms with E-state index in [1.54, 1.807) is 11.8 Å². The highest BCUT2D eigenvalue weighted by molar-refractivity contribution is 7.99. The first-order valence-electron chi connectivity index (χ1n) is 6.09. The number of hydrogen-bond donors (Lipinski definition) is 1. The first-order chi connectivity index (χ1) is 9.11. The zero-order chi connectivity index (χ0) is 13.8. The number of hydrogen-bond acceptors (Lipinski definition) is 2. The van der Waals surface area contributed by atoms with Crippen molar-refractivity contribution in [3.8, 4) is 0 Å². The van der Waals surface area contributed by atoms with Gasteiger partial charge in [-0.2, -0.15) is 0 Å². The third-order valence-corrected chi connectivity index (χ3v) is 4.70. The Morgan fingerprint density at radius 2 is 1.84 bits per heavy atom. The molecule has 2 rings (SSSR count). The Morgan fingerprint density at radius 3 is 2.53 bits per heavy atom. The Bertz CT molecular complexity index is 572. The summed E-state index contributed by atoms with van der Waals surface area (Å²) >= 11 is 13.6. The van der Waals surface area contributed by atoms with Crippen molar-refractivity contribution in [3.05, 3.63) is 58.1 Å². The lowest BCUT2D eigenvalue weighted by Gasteiger charge is -2.14. The molecule has 0 aromatic heterocycles. The van der Waals surface area contributed by atoms with Crippen molar-refractivity contribution in [2.24, 2.45) is 5.73 Å². The Hall–Kier alpha value is -0.670. The van der Waals surface area contributed by atoms with Gasteiger partial charge in [0.15, 0.2) is 0 Å². The maximum atomic E-state index is 6.14. The Kier molecular flexibility index (Phi) is 5.17. The molecule has 1 unspecified atom stereocenters. The molecule has 2 aromatic carbocycles. The molecule has 1 atom stereocenters. The van der Waals surface area contributed by atoms with Crippen LogP contribution >= 0.6 is 35.0 Å². The average molecular weight is 312 g/mol. The van der Waals surface area contributed by atoms with E-state index in [9.17, 15) is 0 Å². The van der Waals surface area contributed by atoms with Crippen LogP contribution in [0, 0.1) is 0 Å². The van der Waals surface area contributed by atoms with Crippen molar-refractivity contribution in [1.29, 1.82) is 0 Å². The quantitative estimate of drug-likeness (QED) is 0.800. The van der Waals surface area contributed by atoms with Gasteiger partial charge in [0.2, 0.25) is 0 Å². The molecule has 0 aliphatic rings. The second-order valence-electron chi connectivity index (χ2n) is 4.23. The van der Waals surface area contributed by atoms with E-state index in [1.165, 1.54) is 5.56 Å². The van der Waals surface area contributed by atoms with Crippen molar-refractivity contribution < 1.29 is 0 Å². The number of rotatable bonds is 4. The lowest BCUT2D eigenvalue weighted by molar-refractivity contribution is 0.685. The van der Waals surface area contributed by atoms with Crippen molar-refractivity contribution in [2.75, 3.05) is 0 Å². The first-order valence-corrected chi connectivity index (χ1v) is 7.66. The Balaban J connectivity index is 2.30. The molecule has 2 N–H and O–H groups in total. The molecule has 0 amide bonds. The molecule has 2 aromatic rings. The van der Waals surface area contributed by atoms with Crippen LogP contribution in [0.2, 0.25) is 10.0 Å². The minimum absolute atomic E-state index is 0.0615. The number of benzene rings is 2. The zero-order valence-electron chi connectivity index (χ0n) is 10.6. The van der Waals surface area contributed by atoms with Crippen LogP contribution in [0.1, 0.15) is 24.9 Å². The van der Waals surface area contributed by atoms with Crippen LogP contribution in [0.15, 0.2) is 52.3 Å². The lowest BCUT2D eigenvalue weighted by atomic mass is 10.1. The van der Waals surface area contributed by atoms with E-state index in [4.69, 9.17) is 28.9 Å². The predicted molar refractivity (Wildman–Crippen MR) is 84.2 cm³/mol. The average Bonchev–Trinajstić information content (AvgIpc) is 2.43. The minimum Gasteiger partial charge on any atom is -0.324 e. The molecule has 0 heterocycles. The van der Waals surface area contributed by atoms with Crippen LogP contribution in [0.5, 0.6) is 0 Å². The highest BCUT2D eigenvalue weighted by Crippen LogP contribution is 2.36. The molecule has 0 aliphatic carbocycles. The summed E-state index contributed by atoms with van der Waals surface area (Å²) < 4.78 is 0. The van der Waals surface area contributed by atoms with E-state index in [2.05, 4.69) is 19.1 Å². The second kappa shape index (κ2) is 6.67. The molecule has 19 heavy (non-hydrogen) atoms. The predicted octanol–water partition coefficient (Wildman–Crippen LogP) is 5.55. The highest BCUT2D eigenvalue weighted by atomic mass is 35.5. The summed E-state index contributed by atoms with van der Waals surface area (Å²) in [4.78, 5) is 2.22. The van der Waals surface area contributed by atoms with Gasteiger partial charge in [-0.25, -0.2) is 0 Å². The van der Waals surface area contributed by atoms with Crippen LogP contribution < -0.4 is 5.73 Å². The molecule has 0 saturated carbocycles. The maximum absolute atomic E-state index is 6.14. The summed E-state index contributed by atoms with van der Waals surface area (Å²) in [5.41, 5.74) is 7.31. The normalized spacial score (nSPS) is 12.4. The van der Waals surface area contributed by atoms with E-state index in [1.807, 2.05) is 30.3 Å². The molecule has 0 aliphatic heterocycles. The van der Waals surface area contributed by atoms with E-state index in [0.29, 0.717) is 10.0 Å². The van der Waals surface area contributed by atoms with Gasteiger partial charge in [0.1, 0.15) is 0 Å². The molecule has 1 nitrogen and oxygen atoms in total. The fourth-order valence-corrected chi connectivity index (χ4v) is 3.18. The maximum Gasteiger partial charge on any atom is 0.0603 e. The fourth-order valence-electron chi connectivity index (χ4n) is 1.77. The smallest absolute Gasteiger partial charge is 0.0603 e. The largest absolute Gasteiger partial charge is 0.324 e. The van der Waals surface area contributed by atoms with Crippen molar-refractivity contribution in [1.82, 2.24) is 0 Å². The summed E-state index contributed by atoms with van der Waals surface area (Å²) in [6.45, 7) is 2.09. The topological polar surface area (TPSA) is 26.0 Å². The summed E-state index contributed by atoms with van der Waals surface area (Å²) in [5, 5.41) is 1.15. The van der Waals surface area contributed by atoms with Crippen molar-refractivity contribution >= 4 is 35.0 Å². The highest BCUT2D eigenvalue weighted by Gasteiger charge is 2.10. The standard InChI is InChI=1S/C15H15Cl2NS/c1-2-14(18)11-5-3-4-6-15(11)19-10-7-8-12(16)13(17)9-10/h3-9,14H,2,18H2,1H3. The van der Waals surface area contributed by atoms with Crippen LogP contribution in [0.25, 0.3) is 0 Å². The van der Waals surface area contributed by atoms with Gasteiger partial charge in [-0.05, 0) is 36.2 Å². The van der Waals surface area contributed by atoms with Crippen LogP contribution in [-0.2, 0) is 0 Å². The molecule has 0 bridgehead atoms. The van der Waals surface area contributed by atoms with Gasteiger partial charge < -0.3 is 5.73 Å².